The molecule has 3 N–H and O–H groups in total. The van der Waals surface area contributed by atoms with Gasteiger partial charge in [-0.1, -0.05) is 6.92 Å². The van der Waals surface area contributed by atoms with E-state index in [1.165, 1.54) is 16.7 Å². The van der Waals surface area contributed by atoms with Gasteiger partial charge in [-0.05, 0) is 25.8 Å². The summed E-state index contributed by atoms with van der Waals surface area (Å²) in [6, 6.07) is 0. The Hall–Kier alpha value is -1.47. The Labute approximate surface area is 121 Å². The van der Waals surface area contributed by atoms with Crippen LogP contribution < -0.4 is 10.6 Å². The van der Waals surface area contributed by atoms with E-state index in [1.807, 2.05) is 6.92 Å². The maximum Gasteiger partial charge on any atom is 0.355 e. The lowest BCUT2D eigenvalue weighted by molar-refractivity contribution is -0.132. The minimum absolute atomic E-state index is 0.0271. The van der Waals surface area contributed by atoms with Crippen molar-refractivity contribution in [2.45, 2.75) is 32.7 Å². The average molecular weight is 297 g/mol. The van der Waals surface area contributed by atoms with Crippen molar-refractivity contribution in [3.63, 3.8) is 0 Å². The molecule has 7 heteroatoms. The van der Waals surface area contributed by atoms with Crippen LogP contribution in [-0.2, 0) is 11.3 Å². The Morgan fingerprint density at radius 1 is 1.60 bits per heavy atom. The van der Waals surface area contributed by atoms with Crippen molar-refractivity contribution in [1.82, 2.24) is 15.6 Å². The molecule has 1 aromatic heterocycles. The molecule has 0 spiro atoms. The summed E-state index contributed by atoms with van der Waals surface area (Å²) in [7, 11) is 0. The third-order valence-corrected chi connectivity index (χ3v) is 4.65. The standard InChI is InChI=1S/C13H19N3O3S/c1-2-13(4-3-5-14-8-13)12(19)15-6-10-16-9(7-20-10)11(17)18/h7,14H,2-6,8H2,1H3,(H,15,19)(H,17,18). The van der Waals surface area contributed by atoms with E-state index in [0.29, 0.717) is 18.1 Å². The maximum atomic E-state index is 12.4. The highest BCUT2D eigenvalue weighted by Crippen LogP contribution is 2.30. The molecule has 1 fully saturated rings. The van der Waals surface area contributed by atoms with Crippen LogP contribution in [0, 0.1) is 5.41 Å². The van der Waals surface area contributed by atoms with Crippen LogP contribution in [0.3, 0.4) is 0 Å². The zero-order valence-corrected chi connectivity index (χ0v) is 12.3. The van der Waals surface area contributed by atoms with Gasteiger partial charge in [-0.3, -0.25) is 4.79 Å². The summed E-state index contributed by atoms with van der Waals surface area (Å²) in [5.41, 5.74) is -0.311. The van der Waals surface area contributed by atoms with Gasteiger partial charge >= 0.3 is 5.97 Å². The summed E-state index contributed by atoms with van der Waals surface area (Å²) in [5.74, 6) is -1.01. The van der Waals surface area contributed by atoms with Gasteiger partial charge in [-0.2, -0.15) is 0 Å². The number of nitrogens with zero attached hydrogens (tertiary/aromatic N) is 1. The van der Waals surface area contributed by atoms with Crippen molar-refractivity contribution in [2.75, 3.05) is 13.1 Å². The van der Waals surface area contributed by atoms with E-state index >= 15 is 0 Å². The lowest BCUT2D eigenvalue weighted by Crippen LogP contribution is -2.50. The van der Waals surface area contributed by atoms with Crippen molar-refractivity contribution in [1.29, 1.82) is 0 Å². The van der Waals surface area contributed by atoms with Crippen LogP contribution >= 0.6 is 11.3 Å². The molecule has 1 aliphatic heterocycles. The molecule has 1 aromatic rings. The van der Waals surface area contributed by atoms with Gasteiger partial charge in [0, 0.05) is 11.9 Å². The Morgan fingerprint density at radius 3 is 2.95 bits per heavy atom. The van der Waals surface area contributed by atoms with Gasteiger partial charge in [-0.25, -0.2) is 9.78 Å². The number of piperidine rings is 1. The monoisotopic (exact) mass is 297 g/mol. The predicted molar refractivity (Wildman–Crippen MR) is 75.7 cm³/mol. The third-order valence-electron chi connectivity index (χ3n) is 3.80. The number of thiazole rings is 1. The molecule has 0 aliphatic carbocycles. The Kier molecular flexibility index (Phi) is 4.72. The van der Waals surface area contributed by atoms with E-state index in [4.69, 9.17) is 5.11 Å². The van der Waals surface area contributed by atoms with E-state index < -0.39 is 5.97 Å². The highest BCUT2D eigenvalue weighted by atomic mass is 32.1. The van der Waals surface area contributed by atoms with Crippen molar-refractivity contribution in [3.05, 3.63) is 16.1 Å². The summed E-state index contributed by atoms with van der Waals surface area (Å²) in [6.45, 7) is 3.98. The first kappa shape index (κ1) is 14.9. The highest BCUT2D eigenvalue weighted by molar-refractivity contribution is 7.09. The van der Waals surface area contributed by atoms with Crippen LogP contribution in [0.4, 0.5) is 0 Å². The molecule has 0 saturated carbocycles. The van der Waals surface area contributed by atoms with Gasteiger partial charge in [0.15, 0.2) is 5.69 Å². The molecule has 0 radical (unpaired) electrons. The molecule has 1 saturated heterocycles. The molecule has 0 bridgehead atoms. The quantitative estimate of drug-likeness (QED) is 0.760. The summed E-state index contributed by atoms with van der Waals surface area (Å²) in [5, 5.41) is 17.1. The number of carboxylic acid groups (broad SMARTS) is 1. The SMILES string of the molecule is CCC1(C(=O)NCc2nc(C(=O)O)cs2)CCCNC1. The molecule has 1 unspecified atom stereocenters. The van der Waals surface area contributed by atoms with Crippen molar-refractivity contribution in [3.8, 4) is 0 Å². The summed E-state index contributed by atoms with van der Waals surface area (Å²) in [6.07, 6.45) is 2.69. The van der Waals surface area contributed by atoms with Gasteiger partial charge in [0.05, 0.1) is 12.0 Å². The number of amides is 1. The predicted octanol–water partition coefficient (Wildman–Crippen LogP) is 1.24. The van der Waals surface area contributed by atoms with Crippen molar-refractivity contribution in [2.24, 2.45) is 5.41 Å². The van der Waals surface area contributed by atoms with Gasteiger partial charge in [-0.15, -0.1) is 11.3 Å². The van der Waals surface area contributed by atoms with E-state index in [0.717, 1.165) is 25.8 Å². The summed E-state index contributed by atoms with van der Waals surface area (Å²) < 4.78 is 0. The van der Waals surface area contributed by atoms with Crippen LogP contribution in [0.5, 0.6) is 0 Å². The number of aromatic carboxylic acids is 1. The molecular weight excluding hydrogens is 278 g/mol. The number of nitrogens with one attached hydrogen (secondary N) is 2. The molecule has 2 rings (SSSR count). The zero-order chi connectivity index (χ0) is 14.6. The lowest BCUT2D eigenvalue weighted by atomic mass is 9.77. The number of aromatic nitrogens is 1. The van der Waals surface area contributed by atoms with E-state index in [-0.39, 0.29) is 17.0 Å². The fourth-order valence-corrected chi connectivity index (χ4v) is 3.17. The molecule has 110 valence electrons. The van der Waals surface area contributed by atoms with Crippen LogP contribution in [0.1, 0.15) is 41.7 Å². The molecule has 0 aromatic carbocycles. The fourth-order valence-electron chi connectivity index (χ4n) is 2.46. The topological polar surface area (TPSA) is 91.3 Å². The number of rotatable bonds is 5. The normalized spacial score (nSPS) is 22.4. The number of hydrogen-bond donors (Lipinski definition) is 3. The highest BCUT2D eigenvalue weighted by Gasteiger charge is 2.37. The van der Waals surface area contributed by atoms with Gasteiger partial charge in [0.2, 0.25) is 5.91 Å². The maximum absolute atomic E-state index is 12.4. The summed E-state index contributed by atoms with van der Waals surface area (Å²) in [4.78, 5) is 27.1. The van der Waals surface area contributed by atoms with E-state index in [1.54, 1.807) is 0 Å². The van der Waals surface area contributed by atoms with Crippen LogP contribution in [-0.4, -0.2) is 35.1 Å². The lowest BCUT2D eigenvalue weighted by Gasteiger charge is -2.35. The number of hydrogen-bond acceptors (Lipinski definition) is 5. The number of carbonyl (C=O) groups excluding carboxylic acids is 1. The van der Waals surface area contributed by atoms with Gasteiger partial charge in [0.25, 0.3) is 0 Å². The second-order valence-electron chi connectivity index (χ2n) is 5.03. The Bertz CT molecular complexity index is 495. The van der Waals surface area contributed by atoms with Crippen LogP contribution in [0.25, 0.3) is 0 Å². The first-order valence-electron chi connectivity index (χ1n) is 6.74. The zero-order valence-electron chi connectivity index (χ0n) is 11.4. The second kappa shape index (κ2) is 6.32. The molecule has 1 aliphatic rings. The Balaban J connectivity index is 1.94. The molecule has 1 atom stereocenters. The van der Waals surface area contributed by atoms with Crippen LogP contribution in [0.2, 0.25) is 0 Å². The van der Waals surface area contributed by atoms with E-state index in [9.17, 15) is 9.59 Å². The molecule has 20 heavy (non-hydrogen) atoms. The minimum atomic E-state index is -1.04. The largest absolute Gasteiger partial charge is 0.476 e. The smallest absolute Gasteiger partial charge is 0.355 e. The molecular formula is C13H19N3O3S. The average Bonchev–Trinajstić information content (AvgIpc) is 2.94. The third kappa shape index (κ3) is 3.16. The van der Waals surface area contributed by atoms with Gasteiger partial charge < -0.3 is 15.7 Å². The molecule has 2 heterocycles. The first-order chi connectivity index (χ1) is 9.57. The van der Waals surface area contributed by atoms with Gasteiger partial charge in [0.1, 0.15) is 5.01 Å². The second-order valence-corrected chi connectivity index (χ2v) is 5.97. The summed E-state index contributed by atoms with van der Waals surface area (Å²) >= 11 is 1.25. The van der Waals surface area contributed by atoms with Crippen molar-refractivity contribution >= 4 is 23.2 Å². The number of carboxylic acids is 1. The van der Waals surface area contributed by atoms with Crippen LogP contribution in [0.15, 0.2) is 5.38 Å². The molecule has 1 amide bonds. The Morgan fingerprint density at radius 2 is 2.40 bits per heavy atom. The minimum Gasteiger partial charge on any atom is -0.476 e. The number of carbonyl (C=O) groups is 2. The molecule has 6 nitrogen and oxygen atoms in total. The van der Waals surface area contributed by atoms with Crippen molar-refractivity contribution < 1.29 is 14.7 Å². The first-order valence-corrected chi connectivity index (χ1v) is 7.62. The van der Waals surface area contributed by atoms with E-state index in [2.05, 4.69) is 15.6 Å². The fraction of sp³-hybridized carbons (Fsp3) is 0.615.